The lowest BCUT2D eigenvalue weighted by Crippen LogP contribution is -2.60. The lowest BCUT2D eigenvalue weighted by molar-refractivity contribution is -0.0959. The summed E-state index contributed by atoms with van der Waals surface area (Å²) in [6.07, 6.45) is 3.04. The molecule has 5 heteroatoms. The first-order chi connectivity index (χ1) is 13.6. The molecule has 0 spiro atoms. The predicted octanol–water partition coefficient (Wildman–Crippen LogP) is 2.94. The van der Waals surface area contributed by atoms with Gasteiger partial charge in [-0.2, -0.15) is 0 Å². The van der Waals surface area contributed by atoms with E-state index in [1.165, 1.54) is 12.8 Å². The van der Waals surface area contributed by atoms with Crippen molar-refractivity contribution in [2.45, 2.75) is 37.5 Å². The number of nitrogens with zero attached hydrogens (tertiary/aromatic N) is 2. The Hall–Kier alpha value is -2.21. The van der Waals surface area contributed by atoms with Crippen LogP contribution in [0.15, 0.2) is 54.6 Å². The van der Waals surface area contributed by atoms with E-state index < -0.39 is 11.6 Å². The third-order valence-corrected chi connectivity index (χ3v) is 6.23. The number of carboxylic acids is 1. The van der Waals surface area contributed by atoms with Crippen LogP contribution in [0.2, 0.25) is 0 Å². The lowest BCUT2D eigenvalue weighted by Gasteiger charge is -2.48. The fourth-order valence-corrected chi connectivity index (χ4v) is 4.72. The molecule has 2 aliphatic heterocycles. The monoisotopic (exact) mass is 380 g/mol. The number of aliphatic hydroxyl groups is 1. The molecule has 0 bridgehead atoms. The van der Waals surface area contributed by atoms with Crippen LogP contribution in [-0.4, -0.2) is 58.2 Å². The number of piperidine rings is 1. The van der Waals surface area contributed by atoms with Crippen LogP contribution >= 0.6 is 0 Å². The number of benzene rings is 2. The molecule has 148 valence electrons. The Morgan fingerprint density at radius 2 is 1.79 bits per heavy atom. The highest BCUT2D eigenvalue weighted by atomic mass is 16.4. The minimum atomic E-state index is -0.895. The van der Waals surface area contributed by atoms with Gasteiger partial charge in [0.1, 0.15) is 5.60 Å². The predicted molar refractivity (Wildman–Crippen MR) is 108 cm³/mol. The van der Waals surface area contributed by atoms with Crippen LogP contribution in [-0.2, 0) is 12.1 Å². The van der Waals surface area contributed by atoms with Crippen LogP contribution in [0.1, 0.15) is 40.7 Å². The second kappa shape index (κ2) is 8.03. The standard InChI is InChI=1S/C23H28N2O3/c26-22(27)19-8-6-7-18(15-19)16-24-14-11-23(28,20-9-2-1-3-10-20)21(17-24)25-12-4-5-13-25/h1-3,6-10,15,21,28H,4-5,11-14,16-17H2,(H,26,27)/t21-,23+/m1/s1. The highest BCUT2D eigenvalue weighted by Gasteiger charge is 2.46. The number of rotatable bonds is 5. The Kier molecular flexibility index (Phi) is 5.49. The van der Waals surface area contributed by atoms with Gasteiger partial charge in [0.05, 0.1) is 11.6 Å². The van der Waals surface area contributed by atoms with Gasteiger partial charge in [-0.3, -0.25) is 9.80 Å². The van der Waals surface area contributed by atoms with Gasteiger partial charge in [0.2, 0.25) is 0 Å². The van der Waals surface area contributed by atoms with Gasteiger partial charge in [0, 0.05) is 19.6 Å². The summed E-state index contributed by atoms with van der Waals surface area (Å²) in [5.74, 6) is -0.895. The van der Waals surface area contributed by atoms with E-state index in [4.69, 9.17) is 0 Å². The summed E-state index contributed by atoms with van der Waals surface area (Å²) in [4.78, 5) is 16.0. The fourth-order valence-electron chi connectivity index (χ4n) is 4.72. The molecule has 2 aromatic carbocycles. The number of aromatic carboxylic acids is 1. The number of hydrogen-bond donors (Lipinski definition) is 2. The molecule has 0 unspecified atom stereocenters. The Morgan fingerprint density at radius 3 is 2.50 bits per heavy atom. The largest absolute Gasteiger partial charge is 0.478 e. The van der Waals surface area contributed by atoms with Gasteiger partial charge in [-0.25, -0.2) is 4.79 Å². The Bertz CT molecular complexity index is 820. The van der Waals surface area contributed by atoms with Crippen molar-refractivity contribution in [2.75, 3.05) is 26.2 Å². The maximum absolute atomic E-state index is 11.7. The van der Waals surface area contributed by atoms with Crippen molar-refractivity contribution in [1.29, 1.82) is 0 Å². The minimum Gasteiger partial charge on any atom is -0.478 e. The molecule has 2 atom stereocenters. The normalized spacial score (nSPS) is 26.4. The molecular formula is C23H28N2O3. The second-order valence-electron chi connectivity index (χ2n) is 8.04. The molecule has 28 heavy (non-hydrogen) atoms. The average molecular weight is 380 g/mol. The SMILES string of the molecule is O=C(O)c1cccc(CN2CC[C@](O)(c3ccccc3)[C@H](N3CCCC3)C2)c1. The van der Waals surface area contributed by atoms with Crippen molar-refractivity contribution in [1.82, 2.24) is 9.80 Å². The maximum Gasteiger partial charge on any atom is 0.335 e. The van der Waals surface area contributed by atoms with Gasteiger partial charge in [-0.1, -0.05) is 42.5 Å². The van der Waals surface area contributed by atoms with Crippen LogP contribution in [0.25, 0.3) is 0 Å². The summed E-state index contributed by atoms with van der Waals surface area (Å²) < 4.78 is 0. The zero-order valence-corrected chi connectivity index (χ0v) is 16.1. The van der Waals surface area contributed by atoms with Crippen molar-refractivity contribution < 1.29 is 15.0 Å². The molecule has 0 aliphatic carbocycles. The first kappa shape index (κ1) is 19.1. The summed E-state index contributed by atoms with van der Waals surface area (Å²) >= 11 is 0. The Balaban J connectivity index is 1.55. The molecule has 0 radical (unpaired) electrons. The molecule has 0 aromatic heterocycles. The quantitative estimate of drug-likeness (QED) is 0.835. The Labute approximate surface area is 166 Å². The van der Waals surface area contributed by atoms with E-state index in [-0.39, 0.29) is 6.04 Å². The van der Waals surface area contributed by atoms with Gasteiger partial charge in [-0.15, -0.1) is 0 Å². The van der Waals surface area contributed by atoms with E-state index in [2.05, 4.69) is 9.80 Å². The molecule has 2 heterocycles. The van der Waals surface area contributed by atoms with Crippen LogP contribution in [0.3, 0.4) is 0 Å². The average Bonchev–Trinajstić information content (AvgIpc) is 3.25. The van der Waals surface area contributed by atoms with E-state index in [9.17, 15) is 15.0 Å². The van der Waals surface area contributed by atoms with E-state index in [0.717, 1.165) is 37.3 Å². The summed E-state index contributed by atoms with van der Waals surface area (Å²) in [7, 11) is 0. The fraction of sp³-hybridized carbons (Fsp3) is 0.435. The third-order valence-electron chi connectivity index (χ3n) is 6.23. The highest BCUT2D eigenvalue weighted by Crippen LogP contribution is 2.37. The summed E-state index contributed by atoms with van der Waals surface area (Å²) in [5.41, 5.74) is 1.49. The van der Waals surface area contributed by atoms with Crippen molar-refractivity contribution in [2.24, 2.45) is 0 Å². The summed E-state index contributed by atoms with van der Waals surface area (Å²) in [6.45, 7) is 4.33. The van der Waals surface area contributed by atoms with E-state index in [1.807, 2.05) is 36.4 Å². The number of carboxylic acid groups (broad SMARTS) is 1. The topological polar surface area (TPSA) is 64.0 Å². The molecule has 2 fully saturated rings. The van der Waals surface area contributed by atoms with Crippen LogP contribution in [0.4, 0.5) is 0 Å². The number of carbonyl (C=O) groups is 1. The van der Waals surface area contributed by atoms with E-state index >= 15 is 0 Å². The number of likely N-dealkylation sites (tertiary alicyclic amines) is 2. The first-order valence-corrected chi connectivity index (χ1v) is 10.1. The molecule has 0 amide bonds. The van der Waals surface area contributed by atoms with Gasteiger partial charge >= 0.3 is 5.97 Å². The minimum absolute atomic E-state index is 0.0498. The van der Waals surface area contributed by atoms with Crippen molar-refractivity contribution >= 4 is 5.97 Å². The van der Waals surface area contributed by atoms with Crippen molar-refractivity contribution in [3.63, 3.8) is 0 Å². The number of hydrogen-bond acceptors (Lipinski definition) is 4. The first-order valence-electron chi connectivity index (χ1n) is 10.1. The summed E-state index contributed by atoms with van der Waals surface area (Å²) in [6, 6.07) is 17.3. The van der Waals surface area contributed by atoms with Gasteiger partial charge < -0.3 is 10.2 Å². The van der Waals surface area contributed by atoms with Crippen LogP contribution in [0, 0.1) is 0 Å². The highest BCUT2D eigenvalue weighted by molar-refractivity contribution is 5.87. The molecule has 2 saturated heterocycles. The molecular weight excluding hydrogens is 352 g/mol. The van der Waals surface area contributed by atoms with E-state index in [1.54, 1.807) is 18.2 Å². The molecule has 2 N–H and O–H groups in total. The van der Waals surface area contributed by atoms with Gasteiger partial charge in [0.25, 0.3) is 0 Å². The molecule has 5 nitrogen and oxygen atoms in total. The molecule has 4 rings (SSSR count). The molecule has 0 saturated carbocycles. The summed E-state index contributed by atoms with van der Waals surface area (Å²) in [5, 5.41) is 21.0. The van der Waals surface area contributed by atoms with E-state index in [0.29, 0.717) is 18.5 Å². The smallest absolute Gasteiger partial charge is 0.335 e. The maximum atomic E-state index is 11.7. The molecule has 2 aromatic rings. The Morgan fingerprint density at radius 1 is 1.04 bits per heavy atom. The zero-order valence-electron chi connectivity index (χ0n) is 16.1. The van der Waals surface area contributed by atoms with Gasteiger partial charge in [-0.05, 0) is 55.6 Å². The van der Waals surface area contributed by atoms with Gasteiger partial charge in [0.15, 0.2) is 0 Å². The second-order valence-corrected chi connectivity index (χ2v) is 8.04. The van der Waals surface area contributed by atoms with Crippen molar-refractivity contribution in [3.05, 3.63) is 71.3 Å². The molecule has 2 aliphatic rings. The van der Waals surface area contributed by atoms with Crippen LogP contribution < -0.4 is 0 Å². The van der Waals surface area contributed by atoms with Crippen LogP contribution in [0.5, 0.6) is 0 Å². The zero-order chi connectivity index (χ0) is 19.6. The third kappa shape index (κ3) is 3.83. The van der Waals surface area contributed by atoms with Crippen molar-refractivity contribution in [3.8, 4) is 0 Å². The lowest BCUT2D eigenvalue weighted by atomic mass is 9.79.